The molecule has 3 rings (SSSR count). The van der Waals surface area contributed by atoms with Gasteiger partial charge in [-0.3, -0.25) is 0 Å². The van der Waals surface area contributed by atoms with Crippen molar-refractivity contribution in [3.8, 4) is 5.75 Å². The molecule has 0 heterocycles. The van der Waals surface area contributed by atoms with Crippen LogP contribution in [0, 0.1) is 0 Å². The number of hydrogen-bond acceptors (Lipinski definition) is 1. The summed E-state index contributed by atoms with van der Waals surface area (Å²) in [5, 5.41) is 9.57. The molecule has 0 aromatic heterocycles. The third-order valence-electron chi connectivity index (χ3n) is 3.11. The number of aromatic hydroxyl groups is 1. The van der Waals surface area contributed by atoms with Crippen LogP contribution in [0.15, 0.2) is 39.3 Å². The van der Waals surface area contributed by atoms with Crippen LogP contribution in [-0.2, 0) is 0 Å². The van der Waals surface area contributed by atoms with Gasteiger partial charge >= 0.3 is 0 Å². The van der Waals surface area contributed by atoms with Crippen LogP contribution in [0.4, 0.5) is 0 Å². The Morgan fingerprint density at radius 1 is 0.737 bits per heavy atom. The first kappa shape index (κ1) is 12.7. The molecule has 94 valence electrons. The molecule has 0 saturated heterocycles. The second-order valence-electron chi connectivity index (χ2n) is 4.34. The van der Waals surface area contributed by atoms with Gasteiger partial charge in [-0.25, -0.2) is 0 Å². The van der Waals surface area contributed by atoms with Gasteiger partial charge in [0.2, 0.25) is 0 Å². The van der Waals surface area contributed by atoms with E-state index in [4.69, 9.17) is 0 Å². The van der Waals surface area contributed by atoms with Crippen LogP contribution in [0.3, 0.4) is 0 Å². The summed E-state index contributed by atoms with van der Waals surface area (Å²) in [4.78, 5) is 0. The Bertz CT molecular complexity index is 715. The van der Waals surface area contributed by atoms with E-state index in [0.717, 1.165) is 31.2 Å². The normalized spacial score (nSPS) is 12.5. The van der Waals surface area contributed by atoms with Crippen LogP contribution in [0.5, 0.6) is 5.75 Å². The lowest BCUT2D eigenvalue weighted by molar-refractivity contribution is 0.475. The van der Waals surface area contributed by atoms with E-state index in [9.17, 15) is 5.11 Å². The van der Waals surface area contributed by atoms with E-state index in [0.29, 0.717) is 0 Å². The van der Waals surface area contributed by atoms with E-state index >= 15 is 0 Å². The molecule has 0 aliphatic heterocycles. The van der Waals surface area contributed by atoms with Crippen molar-refractivity contribution in [1.29, 1.82) is 0 Å². The Hall–Kier alpha value is -1.32. The van der Waals surface area contributed by atoms with Crippen LogP contribution in [0.1, 0.15) is 22.3 Å². The molecule has 0 spiro atoms. The molecule has 3 heteroatoms. The summed E-state index contributed by atoms with van der Waals surface area (Å²) in [6, 6.07) is 9.51. The fraction of sp³-hybridized carbons (Fsp3) is 0. The lowest BCUT2D eigenvalue weighted by Gasteiger charge is -2.10. The van der Waals surface area contributed by atoms with Gasteiger partial charge in [-0.05, 0) is 72.3 Å². The molecule has 0 saturated carbocycles. The molecular formula is C16H10Br2O. The highest BCUT2D eigenvalue weighted by molar-refractivity contribution is 9.13. The minimum absolute atomic E-state index is 0.283. The molecule has 2 aromatic rings. The standard InChI is InChI=1S/C16H10Br2O/c17-15-8-5-11-2-1-10-3-6-13(19)9-12(10)4-7-14(11)16(15)18/h1-9,19H. The van der Waals surface area contributed by atoms with Crippen molar-refractivity contribution >= 4 is 56.2 Å². The van der Waals surface area contributed by atoms with E-state index in [1.807, 2.05) is 18.2 Å². The molecule has 1 aliphatic carbocycles. The maximum atomic E-state index is 9.57. The molecule has 0 radical (unpaired) electrons. The van der Waals surface area contributed by atoms with Crippen LogP contribution < -0.4 is 0 Å². The number of fused-ring (bicyclic) bond motifs is 2. The van der Waals surface area contributed by atoms with Gasteiger partial charge < -0.3 is 5.11 Å². The molecule has 0 amide bonds. The molecule has 19 heavy (non-hydrogen) atoms. The van der Waals surface area contributed by atoms with Gasteiger partial charge in [-0.15, -0.1) is 0 Å². The Labute approximate surface area is 128 Å². The Kier molecular flexibility index (Phi) is 3.33. The van der Waals surface area contributed by atoms with Crippen molar-refractivity contribution in [2.24, 2.45) is 0 Å². The Morgan fingerprint density at radius 3 is 2.26 bits per heavy atom. The van der Waals surface area contributed by atoms with Crippen molar-refractivity contribution in [3.63, 3.8) is 0 Å². The predicted molar refractivity (Wildman–Crippen MR) is 87.8 cm³/mol. The SMILES string of the molecule is Oc1ccc2c(c1)C=Cc1c(ccc(Br)c1Br)C=C2. The lowest BCUT2D eigenvalue weighted by atomic mass is 9.98. The van der Waals surface area contributed by atoms with E-state index < -0.39 is 0 Å². The highest BCUT2D eigenvalue weighted by Crippen LogP contribution is 2.33. The summed E-state index contributed by atoms with van der Waals surface area (Å²) in [5.74, 6) is 0.283. The fourth-order valence-corrected chi connectivity index (χ4v) is 2.95. The number of rotatable bonds is 0. The molecular weight excluding hydrogens is 368 g/mol. The third-order valence-corrected chi connectivity index (χ3v) is 5.16. The highest BCUT2D eigenvalue weighted by atomic mass is 79.9. The van der Waals surface area contributed by atoms with Gasteiger partial charge in [-0.2, -0.15) is 0 Å². The third kappa shape index (κ3) is 2.40. The second kappa shape index (κ2) is 4.99. The van der Waals surface area contributed by atoms with Gasteiger partial charge in [0, 0.05) is 8.95 Å². The second-order valence-corrected chi connectivity index (χ2v) is 5.99. The summed E-state index contributed by atoms with van der Waals surface area (Å²) in [6.45, 7) is 0. The molecule has 0 atom stereocenters. The van der Waals surface area contributed by atoms with Gasteiger partial charge in [0.15, 0.2) is 0 Å². The van der Waals surface area contributed by atoms with Gasteiger partial charge in [-0.1, -0.05) is 36.4 Å². The minimum atomic E-state index is 0.283. The van der Waals surface area contributed by atoms with Crippen LogP contribution in [0.2, 0.25) is 0 Å². The first-order valence-corrected chi connectivity index (χ1v) is 7.41. The zero-order valence-electron chi connectivity index (χ0n) is 9.90. The zero-order valence-corrected chi connectivity index (χ0v) is 13.1. The first-order valence-electron chi connectivity index (χ1n) is 5.82. The molecule has 2 aromatic carbocycles. The largest absolute Gasteiger partial charge is 0.508 e. The summed E-state index contributed by atoms with van der Waals surface area (Å²) in [6.07, 6.45) is 8.24. The van der Waals surface area contributed by atoms with E-state index in [-0.39, 0.29) is 5.75 Å². The zero-order chi connectivity index (χ0) is 13.4. The number of phenolic OH excluding ortho intramolecular Hbond substituents is 1. The summed E-state index contributed by atoms with van der Waals surface area (Å²) in [7, 11) is 0. The van der Waals surface area contributed by atoms with Crippen molar-refractivity contribution < 1.29 is 5.11 Å². The van der Waals surface area contributed by atoms with Gasteiger partial charge in [0.1, 0.15) is 5.75 Å². The number of phenols is 1. The summed E-state index contributed by atoms with van der Waals surface area (Å²) >= 11 is 7.12. The number of benzene rings is 2. The van der Waals surface area contributed by atoms with Crippen molar-refractivity contribution in [3.05, 3.63) is 61.5 Å². The van der Waals surface area contributed by atoms with Gasteiger partial charge in [0.25, 0.3) is 0 Å². The molecule has 0 unspecified atom stereocenters. The highest BCUT2D eigenvalue weighted by Gasteiger charge is 2.08. The average Bonchev–Trinajstić information content (AvgIpc) is 2.38. The smallest absolute Gasteiger partial charge is 0.116 e. The van der Waals surface area contributed by atoms with E-state index in [2.05, 4.69) is 56.2 Å². The number of hydrogen-bond donors (Lipinski definition) is 1. The maximum absolute atomic E-state index is 9.57. The van der Waals surface area contributed by atoms with Gasteiger partial charge in [0.05, 0.1) is 0 Å². The molecule has 1 N–H and O–H groups in total. The quantitative estimate of drug-likeness (QED) is 0.542. The lowest BCUT2D eigenvalue weighted by Crippen LogP contribution is -1.88. The molecule has 1 aliphatic rings. The van der Waals surface area contributed by atoms with Crippen LogP contribution in [0.25, 0.3) is 24.3 Å². The van der Waals surface area contributed by atoms with Crippen molar-refractivity contribution in [1.82, 2.24) is 0 Å². The molecule has 1 nitrogen and oxygen atoms in total. The monoisotopic (exact) mass is 376 g/mol. The Morgan fingerprint density at radius 2 is 1.42 bits per heavy atom. The molecule has 0 fully saturated rings. The number of halogens is 2. The minimum Gasteiger partial charge on any atom is -0.508 e. The predicted octanol–water partition coefficient (Wildman–Crippen LogP) is 5.57. The maximum Gasteiger partial charge on any atom is 0.116 e. The van der Waals surface area contributed by atoms with Crippen molar-refractivity contribution in [2.45, 2.75) is 0 Å². The first-order chi connectivity index (χ1) is 9.15. The molecule has 0 bridgehead atoms. The van der Waals surface area contributed by atoms with E-state index in [1.54, 1.807) is 12.1 Å². The Balaban J connectivity index is 2.20. The summed E-state index contributed by atoms with van der Waals surface area (Å²) < 4.78 is 2.07. The van der Waals surface area contributed by atoms with Crippen molar-refractivity contribution in [2.75, 3.05) is 0 Å². The fourth-order valence-electron chi connectivity index (χ4n) is 2.11. The van der Waals surface area contributed by atoms with E-state index in [1.165, 1.54) is 0 Å². The summed E-state index contributed by atoms with van der Waals surface area (Å²) in [5.41, 5.74) is 4.39. The average molecular weight is 378 g/mol. The topological polar surface area (TPSA) is 20.2 Å². The van der Waals surface area contributed by atoms with Crippen LogP contribution >= 0.6 is 31.9 Å². The van der Waals surface area contributed by atoms with Crippen LogP contribution in [-0.4, -0.2) is 5.11 Å².